The summed E-state index contributed by atoms with van der Waals surface area (Å²) in [4.78, 5) is 9.95. The minimum absolute atomic E-state index is 0.250. The Labute approximate surface area is 60.1 Å². The summed E-state index contributed by atoms with van der Waals surface area (Å²) in [6.45, 7) is 3.98. The molecular weight excluding hydrogens is 136 g/mol. The maximum atomic E-state index is 9.95. The Bertz CT molecular complexity index is 77.3. The van der Waals surface area contributed by atoms with Crippen molar-refractivity contribution in [3.05, 3.63) is 0 Å². The van der Waals surface area contributed by atoms with Crippen LogP contribution in [-0.2, 0) is 4.74 Å². The van der Waals surface area contributed by atoms with Crippen molar-refractivity contribution >= 4 is 6.09 Å². The molecule has 0 atom stereocenters. The van der Waals surface area contributed by atoms with E-state index in [-0.39, 0.29) is 6.61 Å². The quantitative estimate of drug-likeness (QED) is 0.270. The molecule has 0 spiro atoms. The lowest BCUT2D eigenvalue weighted by Crippen LogP contribution is -2.30. The van der Waals surface area contributed by atoms with Gasteiger partial charge in [0.05, 0.1) is 6.61 Å². The molecule has 0 aliphatic heterocycles. The minimum atomic E-state index is -0.595. The zero-order valence-corrected chi connectivity index (χ0v) is 6.26. The third-order valence-corrected chi connectivity index (χ3v) is 0.393. The number of nitrogens with one attached hydrogen (secondary N) is 1. The molecule has 0 aromatic heterocycles. The maximum Gasteiger partial charge on any atom is 0.421 e. The molecule has 0 bridgehead atoms. The Morgan fingerprint density at radius 2 is 2.10 bits per heavy atom. The highest BCUT2D eigenvalue weighted by Crippen LogP contribution is 1.69. The maximum absolute atomic E-state index is 9.95. The highest BCUT2D eigenvalue weighted by atomic mass is 16.5. The summed E-state index contributed by atoms with van der Waals surface area (Å²) < 4.78 is 4.32. The molecule has 5 heteroatoms. The van der Waals surface area contributed by atoms with Gasteiger partial charge < -0.3 is 9.84 Å². The van der Waals surface area contributed by atoms with E-state index < -0.39 is 6.09 Å². The van der Waals surface area contributed by atoms with E-state index in [0.717, 1.165) is 0 Å². The Kier molecular flexibility index (Phi) is 13.2. The first-order valence-electron chi connectivity index (χ1n) is 2.97. The summed E-state index contributed by atoms with van der Waals surface area (Å²) in [5.41, 5.74) is 1.80. The van der Waals surface area contributed by atoms with Gasteiger partial charge in [0.25, 0.3) is 0 Å². The molecule has 0 rings (SSSR count). The molecule has 0 aromatic rings. The number of ether oxygens (including phenoxy) is 1. The summed E-state index contributed by atoms with van der Waals surface area (Å²) in [7, 11) is 0. The highest BCUT2D eigenvalue weighted by Gasteiger charge is 1.89. The standard InChI is InChI=1S/C3H8N2O2.C2H6O/c1-2-7-3(6)5-4;1-2-3/h2,4H2,1H3,(H,5,6);3H,2H2,1H3. The van der Waals surface area contributed by atoms with Gasteiger partial charge in [0, 0.05) is 6.61 Å². The molecule has 1 amide bonds. The largest absolute Gasteiger partial charge is 0.449 e. The first kappa shape index (κ1) is 11.9. The van der Waals surface area contributed by atoms with Gasteiger partial charge in [0.15, 0.2) is 0 Å². The van der Waals surface area contributed by atoms with Crippen molar-refractivity contribution in [2.45, 2.75) is 13.8 Å². The number of hydrogen-bond donors (Lipinski definition) is 3. The van der Waals surface area contributed by atoms with Crippen molar-refractivity contribution < 1.29 is 14.6 Å². The summed E-state index contributed by atoms with van der Waals surface area (Å²) in [5.74, 6) is 4.63. The lowest BCUT2D eigenvalue weighted by atomic mass is 10.9. The van der Waals surface area contributed by atoms with Gasteiger partial charge in [0.2, 0.25) is 0 Å². The molecule has 0 aliphatic carbocycles. The zero-order valence-electron chi connectivity index (χ0n) is 6.26. The number of aliphatic hydroxyl groups excluding tert-OH is 1. The lowest BCUT2D eigenvalue weighted by Gasteiger charge is -1.95. The minimum Gasteiger partial charge on any atom is -0.449 e. The molecule has 0 fully saturated rings. The van der Waals surface area contributed by atoms with Gasteiger partial charge in [0.1, 0.15) is 0 Å². The summed E-state index contributed by atoms with van der Waals surface area (Å²) in [6.07, 6.45) is -0.595. The van der Waals surface area contributed by atoms with Gasteiger partial charge in [-0.2, -0.15) is 0 Å². The highest BCUT2D eigenvalue weighted by molar-refractivity contribution is 5.66. The first-order valence-corrected chi connectivity index (χ1v) is 2.97. The van der Waals surface area contributed by atoms with Crippen LogP contribution in [0.4, 0.5) is 4.79 Å². The van der Waals surface area contributed by atoms with Crippen LogP contribution in [0.5, 0.6) is 0 Å². The number of hydrazine groups is 1. The van der Waals surface area contributed by atoms with Crippen LogP contribution in [0.3, 0.4) is 0 Å². The van der Waals surface area contributed by atoms with Crippen molar-refractivity contribution in [2.75, 3.05) is 13.2 Å². The van der Waals surface area contributed by atoms with Crippen molar-refractivity contribution in [2.24, 2.45) is 5.84 Å². The van der Waals surface area contributed by atoms with E-state index in [2.05, 4.69) is 10.6 Å². The second-order valence-corrected chi connectivity index (χ2v) is 1.18. The van der Waals surface area contributed by atoms with Crippen molar-refractivity contribution in [3.63, 3.8) is 0 Å². The molecule has 10 heavy (non-hydrogen) atoms. The molecule has 0 aliphatic rings. The van der Waals surface area contributed by atoms with E-state index in [1.807, 2.05) is 0 Å². The molecule has 0 saturated carbocycles. The van der Waals surface area contributed by atoms with Crippen LogP contribution in [0, 0.1) is 0 Å². The third-order valence-electron chi connectivity index (χ3n) is 0.393. The molecule has 0 unspecified atom stereocenters. The van der Waals surface area contributed by atoms with Crippen LogP contribution in [0.1, 0.15) is 13.8 Å². The summed E-state index contributed by atoms with van der Waals surface area (Å²) >= 11 is 0. The monoisotopic (exact) mass is 150 g/mol. The second kappa shape index (κ2) is 11.0. The fourth-order valence-electron chi connectivity index (χ4n) is 0.173. The number of amides is 1. The van der Waals surface area contributed by atoms with Crippen LogP contribution in [0.25, 0.3) is 0 Å². The average molecular weight is 150 g/mol. The molecule has 0 saturated heterocycles. The van der Waals surface area contributed by atoms with E-state index in [0.29, 0.717) is 6.61 Å². The van der Waals surface area contributed by atoms with Gasteiger partial charge in [-0.15, -0.1) is 0 Å². The Morgan fingerprint density at radius 1 is 1.70 bits per heavy atom. The predicted octanol–water partition coefficient (Wildman–Crippen LogP) is -0.395. The number of hydrogen-bond acceptors (Lipinski definition) is 4. The predicted molar refractivity (Wildman–Crippen MR) is 37.1 cm³/mol. The molecule has 0 heterocycles. The number of nitrogens with two attached hydrogens (primary N) is 1. The van der Waals surface area contributed by atoms with E-state index in [9.17, 15) is 4.79 Å². The Balaban J connectivity index is 0. The van der Waals surface area contributed by atoms with E-state index in [1.54, 1.807) is 19.3 Å². The molecule has 62 valence electrons. The fourth-order valence-corrected chi connectivity index (χ4v) is 0.173. The second-order valence-electron chi connectivity index (χ2n) is 1.18. The first-order chi connectivity index (χ1) is 4.72. The van der Waals surface area contributed by atoms with Gasteiger partial charge in [-0.05, 0) is 13.8 Å². The van der Waals surface area contributed by atoms with Crippen molar-refractivity contribution in [1.82, 2.24) is 5.43 Å². The Morgan fingerprint density at radius 3 is 2.20 bits per heavy atom. The third kappa shape index (κ3) is 15.7. The average Bonchev–Trinajstić information content (AvgIpc) is 1.90. The van der Waals surface area contributed by atoms with Crippen molar-refractivity contribution in [1.29, 1.82) is 0 Å². The van der Waals surface area contributed by atoms with Crippen LogP contribution in [0.2, 0.25) is 0 Å². The molecule has 0 aromatic carbocycles. The van der Waals surface area contributed by atoms with Crippen LogP contribution in [-0.4, -0.2) is 24.4 Å². The number of carbonyl (C=O) groups excluding carboxylic acids is 1. The topological polar surface area (TPSA) is 84.6 Å². The van der Waals surface area contributed by atoms with Crippen LogP contribution < -0.4 is 11.3 Å². The van der Waals surface area contributed by atoms with Crippen LogP contribution >= 0.6 is 0 Å². The summed E-state index contributed by atoms with van der Waals surface area (Å²) in [6, 6.07) is 0. The van der Waals surface area contributed by atoms with E-state index in [4.69, 9.17) is 5.11 Å². The van der Waals surface area contributed by atoms with Crippen LogP contribution in [0.15, 0.2) is 0 Å². The molecular formula is C5H14N2O3. The van der Waals surface area contributed by atoms with Crippen molar-refractivity contribution in [3.8, 4) is 0 Å². The molecule has 0 radical (unpaired) electrons. The van der Waals surface area contributed by atoms with Gasteiger partial charge in [-0.1, -0.05) is 0 Å². The Hall–Kier alpha value is -0.810. The lowest BCUT2D eigenvalue weighted by molar-refractivity contribution is 0.152. The SMILES string of the molecule is CCO.CCOC(=O)NN. The summed E-state index contributed by atoms with van der Waals surface area (Å²) in [5, 5.41) is 7.57. The zero-order chi connectivity index (χ0) is 8.41. The molecule has 4 N–H and O–H groups in total. The normalized spacial score (nSPS) is 7.20. The number of aliphatic hydroxyl groups is 1. The fraction of sp³-hybridized carbons (Fsp3) is 0.800. The van der Waals surface area contributed by atoms with Gasteiger partial charge in [-0.3, -0.25) is 5.43 Å². The van der Waals surface area contributed by atoms with E-state index in [1.165, 1.54) is 0 Å². The molecule has 5 nitrogen and oxygen atoms in total. The van der Waals surface area contributed by atoms with Gasteiger partial charge >= 0.3 is 6.09 Å². The smallest absolute Gasteiger partial charge is 0.421 e. The van der Waals surface area contributed by atoms with E-state index >= 15 is 0 Å². The number of carbonyl (C=O) groups is 1. The number of rotatable bonds is 1. The van der Waals surface area contributed by atoms with Gasteiger partial charge in [-0.25, -0.2) is 10.6 Å².